The number of rotatable bonds is 7. The number of hydrogen-bond donors (Lipinski definition) is 0. The van der Waals surface area contributed by atoms with Crippen LogP contribution in [0.2, 0.25) is 0 Å². The van der Waals surface area contributed by atoms with Gasteiger partial charge in [-0.05, 0) is 24.0 Å². The molecule has 0 aromatic heterocycles. The maximum Gasteiger partial charge on any atom is 0.260 e. The molecule has 19 heavy (non-hydrogen) atoms. The topological polar surface area (TPSA) is 29.5 Å². The summed E-state index contributed by atoms with van der Waals surface area (Å²) in [6.07, 6.45) is 0. The summed E-state index contributed by atoms with van der Waals surface area (Å²) in [5, 5.41) is 0. The van der Waals surface area contributed by atoms with E-state index >= 15 is 0 Å². The molecule has 0 bridgehead atoms. The first-order valence-electron chi connectivity index (χ1n) is 6.94. The van der Waals surface area contributed by atoms with Gasteiger partial charge in [-0.2, -0.15) is 0 Å². The second kappa shape index (κ2) is 7.82. The lowest BCUT2D eigenvalue weighted by Gasteiger charge is -2.26. The van der Waals surface area contributed by atoms with Crippen LogP contribution in [0, 0.1) is 11.8 Å². The molecule has 0 atom stereocenters. The minimum atomic E-state index is 0.0613. The van der Waals surface area contributed by atoms with Crippen molar-refractivity contribution in [1.29, 1.82) is 0 Å². The molecule has 0 radical (unpaired) electrons. The van der Waals surface area contributed by atoms with Gasteiger partial charge in [0.15, 0.2) is 6.61 Å². The van der Waals surface area contributed by atoms with E-state index in [1.54, 1.807) is 0 Å². The molecule has 1 aromatic carbocycles. The first kappa shape index (κ1) is 15.5. The Hall–Kier alpha value is -1.51. The predicted molar refractivity (Wildman–Crippen MR) is 78.2 cm³/mol. The molecule has 3 heteroatoms. The summed E-state index contributed by atoms with van der Waals surface area (Å²) in [7, 11) is 0. The van der Waals surface area contributed by atoms with E-state index in [0.29, 0.717) is 11.8 Å². The minimum Gasteiger partial charge on any atom is -0.484 e. The smallest absolute Gasteiger partial charge is 0.260 e. The average Bonchev–Trinajstić information content (AvgIpc) is 2.35. The van der Waals surface area contributed by atoms with Crippen molar-refractivity contribution in [3.8, 4) is 5.75 Å². The van der Waals surface area contributed by atoms with Crippen molar-refractivity contribution in [1.82, 2.24) is 4.90 Å². The van der Waals surface area contributed by atoms with Gasteiger partial charge in [-0.25, -0.2) is 0 Å². The largest absolute Gasteiger partial charge is 0.484 e. The van der Waals surface area contributed by atoms with Crippen LogP contribution in [0.15, 0.2) is 30.3 Å². The van der Waals surface area contributed by atoms with Gasteiger partial charge in [0.25, 0.3) is 5.91 Å². The molecule has 0 unspecified atom stereocenters. The molecule has 0 aliphatic carbocycles. The zero-order valence-corrected chi connectivity index (χ0v) is 12.4. The monoisotopic (exact) mass is 263 g/mol. The molecule has 0 saturated carbocycles. The van der Waals surface area contributed by atoms with Crippen molar-refractivity contribution >= 4 is 5.91 Å². The Balaban J connectivity index is 2.51. The quantitative estimate of drug-likeness (QED) is 0.756. The second-order valence-corrected chi connectivity index (χ2v) is 5.69. The summed E-state index contributed by atoms with van der Waals surface area (Å²) in [4.78, 5) is 14.1. The van der Waals surface area contributed by atoms with Crippen LogP contribution in [0.3, 0.4) is 0 Å². The fourth-order valence-electron chi connectivity index (χ4n) is 1.91. The fourth-order valence-corrected chi connectivity index (χ4v) is 1.91. The lowest BCUT2D eigenvalue weighted by Crippen LogP contribution is -2.39. The molecular formula is C16H25NO2. The van der Waals surface area contributed by atoms with Crippen molar-refractivity contribution < 1.29 is 9.53 Å². The summed E-state index contributed by atoms with van der Waals surface area (Å²) >= 11 is 0. The van der Waals surface area contributed by atoms with Crippen LogP contribution < -0.4 is 4.74 Å². The van der Waals surface area contributed by atoms with E-state index in [2.05, 4.69) is 27.7 Å². The van der Waals surface area contributed by atoms with E-state index in [9.17, 15) is 4.79 Å². The van der Waals surface area contributed by atoms with Crippen LogP contribution >= 0.6 is 0 Å². The van der Waals surface area contributed by atoms with Crippen LogP contribution in [0.4, 0.5) is 0 Å². The Morgan fingerprint density at radius 1 is 1.05 bits per heavy atom. The maximum absolute atomic E-state index is 12.2. The first-order chi connectivity index (χ1) is 8.99. The Morgan fingerprint density at radius 3 is 2.05 bits per heavy atom. The number of carbonyl (C=O) groups is 1. The first-order valence-corrected chi connectivity index (χ1v) is 6.94. The van der Waals surface area contributed by atoms with Crippen LogP contribution in [-0.2, 0) is 4.79 Å². The Labute approximate surface area is 116 Å². The highest BCUT2D eigenvalue weighted by Gasteiger charge is 2.16. The summed E-state index contributed by atoms with van der Waals surface area (Å²) in [6.45, 7) is 10.2. The number of hydrogen-bond acceptors (Lipinski definition) is 2. The molecule has 1 rings (SSSR count). The SMILES string of the molecule is CC(C)CN(CC(C)C)C(=O)COc1ccccc1. The Bertz CT molecular complexity index is 364. The van der Waals surface area contributed by atoms with Gasteiger partial charge in [0.1, 0.15) is 5.75 Å². The highest BCUT2D eigenvalue weighted by molar-refractivity contribution is 5.77. The summed E-state index contributed by atoms with van der Waals surface area (Å²) < 4.78 is 5.52. The van der Waals surface area contributed by atoms with Gasteiger partial charge in [-0.1, -0.05) is 45.9 Å². The molecular weight excluding hydrogens is 238 g/mol. The number of benzene rings is 1. The highest BCUT2D eigenvalue weighted by atomic mass is 16.5. The molecule has 0 fully saturated rings. The van der Waals surface area contributed by atoms with Gasteiger partial charge in [0.05, 0.1) is 0 Å². The lowest BCUT2D eigenvalue weighted by molar-refractivity contribution is -0.134. The summed E-state index contributed by atoms with van der Waals surface area (Å²) in [5.74, 6) is 1.75. The number of nitrogens with zero attached hydrogens (tertiary/aromatic N) is 1. The van der Waals surface area contributed by atoms with Gasteiger partial charge in [-0.15, -0.1) is 0 Å². The van der Waals surface area contributed by atoms with E-state index in [1.165, 1.54) is 0 Å². The van der Waals surface area contributed by atoms with E-state index in [-0.39, 0.29) is 12.5 Å². The number of para-hydroxylation sites is 1. The zero-order valence-electron chi connectivity index (χ0n) is 12.4. The van der Waals surface area contributed by atoms with E-state index in [1.807, 2.05) is 35.2 Å². The molecule has 106 valence electrons. The van der Waals surface area contributed by atoms with Crippen LogP contribution in [-0.4, -0.2) is 30.5 Å². The van der Waals surface area contributed by atoms with Crippen molar-refractivity contribution in [3.05, 3.63) is 30.3 Å². The molecule has 0 aliphatic rings. The van der Waals surface area contributed by atoms with E-state index < -0.39 is 0 Å². The van der Waals surface area contributed by atoms with Gasteiger partial charge in [-0.3, -0.25) is 4.79 Å². The minimum absolute atomic E-state index is 0.0613. The van der Waals surface area contributed by atoms with Gasteiger partial charge >= 0.3 is 0 Å². The lowest BCUT2D eigenvalue weighted by atomic mass is 10.1. The fraction of sp³-hybridized carbons (Fsp3) is 0.562. The van der Waals surface area contributed by atoms with Crippen molar-refractivity contribution in [3.63, 3.8) is 0 Å². The van der Waals surface area contributed by atoms with Gasteiger partial charge in [0, 0.05) is 13.1 Å². The average molecular weight is 263 g/mol. The summed E-state index contributed by atoms with van der Waals surface area (Å²) in [5.41, 5.74) is 0. The number of carbonyl (C=O) groups excluding carboxylic acids is 1. The predicted octanol–water partition coefficient (Wildman–Crippen LogP) is 3.21. The molecule has 0 saturated heterocycles. The van der Waals surface area contributed by atoms with Crippen molar-refractivity contribution in [2.75, 3.05) is 19.7 Å². The molecule has 0 spiro atoms. The molecule has 3 nitrogen and oxygen atoms in total. The third-order valence-electron chi connectivity index (χ3n) is 2.63. The molecule has 1 aromatic rings. The third-order valence-corrected chi connectivity index (χ3v) is 2.63. The van der Waals surface area contributed by atoms with Gasteiger partial charge < -0.3 is 9.64 Å². The molecule has 0 aliphatic heterocycles. The number of ether oxygens (including phenoxy) is 1. The maximum atomic E-state index is 12.2. The van der Waals surface area contributed by atoms with E-state index in [0.717, 1.165) is 18.8 Å². The molecule has 0 heterocycles. The van der Waals surface area contributed by atoms with Crippen LogP contribution in [0.5, 0.6) is 5.75 Å². The molecule has 0 N–H and O–H groups in total. The van der Waals surface area contributed by atoms with Crippen molar-refractivity contribution in [2.24, 2.45) is 11.8 Å². The third kappa shape index (κ3) is 6.27. The van der Waals surface area contributed by atoms with Crippen LogP contribution in [0.25, 0.3) is 0 Å². The Morgan fingerprint density at radius 2 is 1.58 bits per heavy atom. The second-order valence-electron chi connectivity index (χ2n) is 5.69. The van der Waals surface area contributed by atoms with Crippen molar-refractivity contribution in [2.45, 2.75) is 27.7 Å². The standard InChI is InChI=1S/C16H25NO2/c1-13(2)10-17(11-14(3)4)16(18)12-19-15-8-6-5-7-9-15/h5-9,13-14H,10-12H2,1-4H3. The number of amides is 1. The van der Waals surface area contributed by atoms with Gasteiger partial charge in [0.2, 0.25) is 0 Å². The highest BCUT2D eigenvalue weighted by Crippen LogP contribution is 2.09. The Kier molecular flexibility index (Phi) is 6.40. The normalized spacial score (nSPS) is 10.8. The molecule has 1 amide bonds. The van der Waals surface area contributed by atoms with Crippen LogP contribution in [0.1, 0.15) is 27.7 Å². The summed E-state index contributed by atoms with van der Waals surface area (Å²) in [6, 6.07) is 9.46. The zero-order chi connectivity index (χ0) is 14.3. The van der Waals surface area contributed by atoms with E-state index in [4.69, 9.17) is 4.74 Å².